The number of carbonyl (C=O) groups is 3. The summed E-state index contributed by atoms with van der Waals surface area (Å²) >= 11 is 0. The number of amides is 2. The lowest BCUT2D eigenvalue weighted by Gasteiger charge is -2.29. The maximum Gasteiger partial charge on any atom is 0.573 e. The Morgan fingerprint density at radius 3 is 1.95 bits per heavy atom. The Morgan fingerprint density at radius 1 is 0.860 bits per heavy atom. The number of aromatic nitrogens is 3. The van der Waals surface area contributed by atoms with E-state index in [1.165, 1.54) is 47.4 Å². The van der Waals surface area contributed by atoms with Crippen molar-refractivity contribution < 1.29 is 46.5 Å². The number of rotatable bonds is 6. The van der Waals surface area contributed by atoms with Gasteiger partial charge in [0, 0.05) is 0 Å². The number of halogens is 3. The maximum atomic E-state index is 13.1. The van der Waals surface area contributed by atoms with Crippen molar-refractivity contribution >= 4 is 36.0 Å². The number of nitrogens with zero attached hydrogens (tertiary/aromatic N) is 4. The zero-order valence-electron chi connectivity index (χ0n) is 24.6. The van der Waals surface area contributed by atoms with Crippen LogP contribution in [0.15, 0.2) is 48.8 Å². The molecule has 3 aromatic rings. The second-order valence-electron chi connectivity index (χ2n) is 11.0. The molecule has 0 N–H and O–H groups in total. The van der Waals surface area contributed by atoms with Gasteiger partial charge in [-0.15, -0.1) is 18.3 Å². The number of imide groups is 1. The molecule has 11 nitrogen and oxygen atoms in total. The molecule has 0 saturated heterocycles. The van der Waals surface area contributed by atoms with Crippen LogP contribution in [0.2, 0.25) is 0 Å². The minimum absolute atomic E-state index is 0.118. The highest BCUT2D eigenvalue weighted by Gasteiger charge is 2.35. The van der Waals surface area contributed by atoms with E-state index in [1.54, 1.807) is 47.6 Å². The molecule has 0 bridgehead atoms. The first kappa shape index (κ1) is 32.6. The monoisotopic (exact) mass is 604 g/mol. The normalized spacial score (nSPS) is 12.1. The zero-order valence-corrected chi connectivity index (χ0v) is 24.6. The number of esters is 1. The Morgan fingerprint density at radius 2 is 1.44 bits per heavy atom. The number of ether oxygens (including phenoxy) is 4. The summed E-state index contributed by atoms with van der Waals surface area (Å²) in [4.78, 5) is 43.8. The lowest BCUT2D eigenvalue weighted by atomic mass is 10.1. The standard InChI is InChI=1S/C29H31F3N4O7/c1-27(2,3)42-25(38)36(26(39)43-28(4,5)6)22-14-8-18(16-21(22)24(37)40-7)9-15-23-33-17-35(34-23)19-10-12-20(13-11-19)41-29(30,31)32/h8-17H,1-7H3. The van der Waals surface area contributed by atoms with Crippen molar-refractivity contribution in [3.8, 4) is 11.4 Å². The van der Waals surface area contributed by atoms with Crippen molar-refractivity contribution in [2.45, 2.75) is 59.1 Å². The van der Waals surface area contributed by atoms with Crippen molar-refractivity contribution in [2.24, 2.45) is 0 Å². The van der Waals surface area contributed by atoms with Gasteiger partial charge < -0.3 is 18.9 Å². The van der Waals surface area contributed by atoms with Crippen LogP contribution in [-0.4, -0.2) is 57.6 Å². The predicted molar refractivity (Wildman–Crippen MR) is 150 cm³/mol. The van der Waals surface area contributed by atoms with E-state index in [1.807, 2.05) is 0 Å². The molecular weight excluding hydrogens is 573 g/mol. The molecule has 14 heteroatoms. The van der Waals surface area contributed by atoms with Crippen molar-refractivity contribution in [1.82, 2.24) is 14.8 Å². The molecule has 0 spiro atoms. The van der Waals surface area contributed by atoms with Gasteiger partial charge in [0.15, 0.2) is 5.82 Å². The van der Waals surface area contributed by atoms with Crippen molar-refractivity contribution in [3.05, 3.63) is 65.7 Å². The van der Waals surface area contributed by atoms with E-state index in [0.29, 0.717) is 16.2 Å². The molecule has 0 saturated carbocycles. The van der Waals surface area contributed by atoms with E-state index >= 15 is 0 Å². The molecule has 0 atom stereocenters. The van der Waals surface area contributed by atoms with Gasteiger partial charge in [-0.25, -0.2) is 24.0 Å². The van der Waals surface area contributed by atoms with Crippen molar-refractivity contribution in [2.75, 3.05) is 12.0 Å². The molecule has 1 aromatic heterocycles. The fraction of sp³-hybridized carbons (Fsp3) is 0.345. The molecule has 0 aliphatic carbocycles. The zero-order chi connectivity index (χ0) is 32.2. The van der Waals surface area contributed by atoms with Gasteiger partial charge in [0.25, 0.3) is 0 Å². The third-order valence-electron chi connectivity index (χ3n) is 5.09. The van der Waals surface area contributed by atoms with Gasteiger partial charge in [0.2, 0.25) is 0 Å². The topological polar surface area (TPSA) is 122 Å². The van der Waals surface area contributed by atoms with Gasteiger partial charge in [-0.3, -0.25) is 0 Å². The predicted octanol–water partition coefficient (Wildman–Crippen LogP) is 6.80. The Balaban J connectivity index is 1.92. The molecule has 0 unspecified atom stereocenters. The van der Waals surface area contributed by atoms with E-state index < -0.39 is 35.7 Å². The Kier molecular flexibility index (Phi) is 9.52. The molecule has 0 aliphatic rings. The fourth-order valence-corrected chi connectivity index (χ4v) is 3.46. The fourth-order valence-electron chi connectivity index (χ4n) is 3.46. The third kappa shape index (κ3) is 9.58. The number of hydrogen-bond acceptors (Lipinski definition) is 9. The molecule has 0 fully saturated rings. The van der Waals surface area contributed by atoms with Crippen LogP contribution in [0.3, 0.4) is 0 Å². The Bertz CT molecular complexity index is 1470. The van der Waals surface area contributed by atoms with Crippen LogP contribution in [0.1, 0.15) is 63.3 Å². The number of alkyl halides is 3. The largest absolute Gasteiger partial charge is 0.573 e. The summed E-state index contributed by atoms with van der Waals surface area (Å²) in [5.74, 6) is -0.968. The van der Waals surface area contributed by atoms with Gasteiger partial charge in [-0.1, -0.05) is 12.1 Å². The highest BCUT2D eigenvalue weighted by molar-refractivity contribution is 6.13. The summed E-state index contributed by atoms with van der Waals surface area (Å²) in [6, 6.07) is 9.36. The quantitative estimate of drug-likeness (QED) is 0.221. The second kappa shape index (κ2) is 12.5. The number of benzene rings is 2. The van der Waals surface area contributed by atoms with Crippen LogP contribution in [0.4, 0.5) is 28.4 Å². The van der Waals surface area contributed by atoms with Gasteiger partial charge in [0.1, 0.15) is 23.3 Å². The van der Waals surface area contributed by atoms with Crippen molar-refractivity contribution in [1.29, 1.82) is 0 Å². The molecular formula is C29H31F3N4O7. The minimum Gasteiger partial charge on any atom is -0.465 e. The number of methoxy groups -OCH3 is 1. The maximum absolute atomic E-state index is 13.1. The molecule has 43 heavy (non-hydrogen) atoms. The van der Waals surface area contributed by atoms with Gasteiger partial charge in [-0.05, 0) is 89.6 Å². The minimum atomic E-state index is -4.80. The van der Waals surface area contributed by atoms with Crippen LogP contribution in [-0.2, 0) is 14.2 Å². The highest BCUT2D eigenvalue weighted by Crippen LogP contribution is 2.28. The summed E-state index contributed by atoms with van der Waals surface area (Å²) in [5, 5.41) is 4.27. The molecule has 3 rings (SSSR count). The van der Waals surface area contributed by atoms with Gasteiger partial charge in [-0.2, -0.15) is 4.90 Å². The van der Waals surface area contributed by atoms with Gasteiger partial charge in [0.05, 0.1) is 24.0 Å². The van der Waals surface area contributed by atoms with Crippen LogP contribution < -0.4 is 9.64 Å². The van der Waals surface area contributed by atoms with Gasteiger partial charge >= 0.3 is 24.5 Å². The molecule has 0 radical (unpaired) electrons. The third-order valence-corrected chi connectivity index (χ3v) is 5.09. The van der Waals surface area contributed by atoms with Crippen molar-refractivity contribution in [3.63, 3.8) is 0 Å². The molecule has 230 valence electrons. The molecule has 2 aromatic carbocycles. The van der Waals surface area contributed by atoms with Crippen LogP contribution >= 0.6 is 0 Å². The van der Waals surface area contributed by atoms with Crippen LogP contribution in [0, 0.1) is 0 Å². The first-order chi connectivity index (χ1) is 19.8. The Hall–Kier alpha value is -4.88. The number of carbonyl (C=O) groups excluding carboxylic acids is 3. The number of hydrogen-bond donors (Lipinski definition) is 0. The van der Waals surface area contributed by atoms with E-state index in [-0.39, 0.29) is 22.8 Å². The van der Waals surface area contributed by atoms with E-state index in [9.17, 15) is 27.6 Å². The SMILES string of the molecule is COC(=O)c1cc(C=Cc2ncn(-c3ccc(OC(F)(F)F)cc3)n2)ccc1N(C(=O)OC(C)(C)C)C(=O)OC(C)(C)C. The summed E-state index contributed by atoms with van der Waals surface area (Å²) in [7, 11) is 1.15. The lowest BCUT2D eigenvalue weighted by molar-refractivity contribution is -0.274. The van der Waals surface area contributed by atoms with Crippen LogP contribution in [0.5, 0.6) is 5.75 Å². The summed E-state index contributed by atoms with van der Waals surface area (Å²) in [6.45, 7) is 9.75. The lowest BCUT2D eigenvalue weighted by Crippen LogP contribution is -2.44. The smallest absolute Gasteiger partial charge is 0.465 e. The molecule has 1 heterocycles. The molecule has 2 amide bonds. The first-order valence-corrected chi connectivity index (χ1v) is 12.8. The Labute approximate surface area is 245 Å². The van der Waals surface area contributed by atoms with E-state index in [2.05, 4.69) is 14.8 Å². The first-order valence-electron chi connectivity index (χ1n) is 12.8. The summed E-state index contributed by atoms with van der Waals surface area (Å²) in [5.41, 5.74) is -1.26. The number of anilines is 1. The summed E-state index contributed by atoms with van der Waals surface area (Å²) < 4.78 is 58.1. The average molecular weight is 605 g/mol. The van der Waals surface area contributed by atoms with E-state index in [0.717, 1.165) is 19.2 Å². The van der Waals surface area contributed by atoms with Crippen LogP contribution in [0.25, 0.3) is 17.8 Å². The average Bonchev–Trinajstić information content (AvgIpc) is 3.34. The highest BCUT2D eigenvalue weighted by atomic mass is 19.4. The molecule has 0 aliphatic heterocycles. The van der Waals surface area contributed by atoms with E-state index in [4.69, 9.17) is 14.2 Å². The summed E-state index contributed by atoms with van der Waals surface area (Å²) in [6.07, 6.45) is -2.45. The second-order valence-corrected chi connectivity index (χ2v) is 11.0.